The Bertz CT molecular complexity index is 599. The van der Waals surface area contributed by atoms with E-state index in [2.05, 4.69) is 27.9 Å². The summed E-state index contributed by atoms with van der Waals surface area (Å²) < 4.78 is 6.71. The van der Waals surface area contributed by atoms with Gasteiger partial charge in [0.15, 0.2) is 6.10 Å². The lowest BCUT2D eigenvalue weighted by Gasteiger charge is -2.15. The number of benzene rings is 2. The van der Waals surface area contributed by atoms with Gasteiger partial charge >= 0.3 is 0 Å². The highest BCUT2D eigenvalue weighted by molar-refractivity contribution is 14.1. The molecule has 2 rings (SSSR count). The van der Waals surface area contributed by atoms with E-state index in [0.29, 0.717) is 5.75 Å². The second-order valence-electron chi connectivity index (χ2n) is 4.53. The van der Waals surface area contributed by atoms with Gasteiger partial charge in [-0.1, -0.05) is 24.3 Å². The number of anilines is 1. The number of carbonyl (C=O) groups is 1. The quantitative estimate of drug-likeness (QED) is 0.813. The Morgan fingerprint density at radius 1 is 1.20 bits per heavy atom. The van der Waals surface area contributed by atoms with Crippen LogP contribution in [-0.4, -0.2) is 12.0 Å². The molecule has 1 amide bonds. The van der Waals surface area contributed by atoms with Crippen LogP contribution < -0.4 is 10.1 Å². The first-order valence-electron chi connectivity index (χ1n) is 6.35. The van der Waals surface area contributed by atoms with E-state index in [0.717, 1.165) is 9.26 Å². The number of halogens is 1. The molecule has 0 fully saturated rings. The minimum atomic E-state index is -0.545. The second-order valence-corrected chi connectivity index (χ2v) is 5.69. The number of rotatable bonds is 4. The fourth-order valence-corrected chi connectivity index (χ4v) is 2.19. The maximum Gasteiger partial charge on any atom is 0.265 e. The van der Waals surface area contributed by atoms with Gasteiger partial charge in [-0.2, -0.15) is 0 Å². The van der Waals surface area contributed by atoms with Crippen molar-refractivity contribution < 1.29 is 9.53 Å². The highest BCUT2D eigenvalue weighted by Crippen LogP contribution is 2.18. The Labute approximate surface area is 132 Å². The molecule has 0 aliphatic heterocycles. The van der Waals surface area contributed by atoms with Crippen molar-refractivity contribution in [2.45, 2.75) is 20.0 Å². The van der Waals surface area contributed by atoms with E-state index in [9.17, 15) is 4.79 Å². The zero-order valence-electron chi connectivity index (χ0n) is 11.4. The zero-order chi connectivity index (χ0) is 14.5. The summed E-state index contributed by atoms with van der Waals surface area (Å²) in [4.78, 5) is 12.1. The van der Waals surface area contributed by atoms with Crippen LogP contribution in [0.3, 0.4) is 0 Å². The fraction of sp³-hybridized carbons (Fsp3) is 0.188. The summed E-state index contributed by atoms with van der Waals surface area (Å²) in [5.41, 5.74) is 1.98. The molecule has 2 aromatic carbocycles. The van der Waals surface area contributed by atoms with Gasteiger partial charge in [-0.05, 0) is 66.3 Å². The summed E-state index contributed by atoms with van der Waals surface area (Å²) in [6, 6.07) is 15.2. The summed E-state index contributed by atoms with van der Waals surface area (Å²) in [5.74, 6) is 0.530. The minimum absolute atomic E-state index is 0.159. The monoisotopic (exact) mass is 381 g/mol. The van der Waals surface area contributed by atoms with Crippen molar-refractivity contribution in [3.8, 4) is 5.75 Å². The highest BCUT2D eigenvalue weighted by Gasteiger charge is 2.14. The molecule has 0 saturated carbocycles. The average Bonchev–Trinajstić information content (AvgIpc) is 2.44. The summed E-state index contributed by atoms with van der Waals surface area (Å²) >= 11 is 2.25. The topological polar surface area (TPSA) is 38.3 Å². The molecule has 1 N–H and O–H groups in total. The third-order valence-electron chi connectivity index (χ3n) is 2.86. The van der Waals surface area contributed by atoms with Crippen molar-refractivity contribution in [3.05, 3.63) is 57.7 Å². The fourth-order valence-electron chi connectivity index (χ4n) is 1.67. The van der Waals surface area contributed by atoms with E-state index in [1.165, 1.54) is 5.56 Å². The number of amides is 1. The van der Waals surface area contributed by atoms with Crippen LogP contribution in [0.25, 0.3) is 0 Å². The first kappa shape index (κ1) is 14.8. The largest absolute Gasteiger partial charge is 0.481 e. The van der Waals surface area contributed by atoms with Gasteiger partial charge in [-0.3, -0.25) is 4.79 Å². The highest BCUT2D eigenvalue weighted by atomic mass is 127. The summed E-state index contributed by atoms with van der Waals surface area (Å²) in [6.45, 7) is 3.77. The van der Waals surface area contributed by atoms with Crippen molar-refractivity contribution in [2.75, 3.05) is 5.32 Å². The third kappa shape index (κ3) is 3.96. The number of nitrogens with one attached hydrogen (secondary N) is 1. The van der Waals surface area contributed by atoms with Gasteiger partial charge in [0.25, 0.3) is 5.91 Å². The third-order valence-corrected chi connectivity index (χ3v) is 4.03. The van der Waals surface area contributed by atoms with Gasteiger partial charge in [0.2, 0.25) is 0 Å². The molecular weight excluding hydrogens is 365 g/mol. The second kappa shape index (κ2) is 6.74. The molecule has 20 heavy (non-hydrogen) atoms. The molecule has 0 heterocycles. The predicted molar refractivity (Wildman–Crippen MR) is 89.1 cm³/mol. The van der Waals surface area contributed by atoms with Crippen molar-refractivity contribution in [1.29, 1.82) is 0 Å². The van der Waals surface area contributed by atoms with Crippen LogP contribution >= 0.6 is 22.6 Å². The van der Waals surface area contributed by atoms with Gasteiger partial charge < -0.3 is 10.1 Å². The van der Waals surface area contributed by atoms with E-state index < -0.39 is 6.10 Å². The first-order chi connectivity index (χ1) is 9.56. The molecule has 2 aromatic rings. The summed E-state index contributed by atoms with van der Waals surface area (Å²) in [7, 11) is 0. The van der Waals surface area contributed by atoms with Gasteiger partial charge in [0.1, 0.15) is 5.75 Å². The van der Waals surface area contributed by atoms with E-state index in [4.69, 9.17) is 4.74 Å². The van der Waals surface area contributed by atoms with Crippen molar-refractivity contribution in [1.82, 2.24) is 0 Å². The van der Waals surface area contributed by atoms with Crippen molar-refractivity contribution >= 4 is 34.2 Å². The molecule has 0 aliphatic rings. The molecule has 3 nitrogen and oxygen atoms in total. The summed E-state index contributed by atoms with van der Waals surface area (Å²) in [5, 5.41) is 2.86. The number of aryl methyl sites for hydroxylation is 1. The van der Waals surface area contributed by atoms with Crippen LogP contribution in [0.5, 0.6) is 5.75 Å². The maximum absolute atomic E-state index is 12.1. The van der Waals surface area contributed by atoms with Gasteiger partial charge in [-0.15, -0.1) is 0 Å². The number of para-hydroxylation sites is 1. The molecule has 0 aromatic heterocycles. The van der Waals surface area contributed by atoms with Crippen LogP contribution in [0, 0.1) is 10.5 Å². The van der Waals surface area contributed by atoms with E-state index in [1.807, 2.05) is 55.5 Å². The van der Waals surface area contributed by atoms with E-state index >= 15 is 0 Å². The van der Waals surface area contributed by atoms with Gasteiger partial charge in [0, 0.05) is 9.26 Å². The SMILES string of the molecule is Cc1ccc(NC(=O)[C@@H](C)Oc2ccccc2)cc1I. The molecule has 4 heteroatoms. The molecule has 0 spiro atoms. The van der Waals surface area contributed by atoms with Crippen LogP contribution in [0.1, 0.15) is 12.5 Å². The molecule has 0 bridgehead atoms. The lowest BCUT2D eigenvalue weighted by atomic mass is 10.2. The van der Waals surface area contributed by atoms with Crippen molar-refractivity contribution in [3.63, 3.8) is 0 Å². The molecule has 1 atom stereocenters. The van der Waals surface area contributed by atoms with E-state index in [-0.39, 0.29) is 5.91 Å². The normalized spacial score (nSPS) is 11.8. The standard InChI is InChI=1S/C16H16INO2/c1-11-8-9-13(10-15(11)17)18-16(19)12(2)20-14-6-4-3-5-7-14/h3-10,12H,1-2H3,(H,18,19)/t12-/m1/s1. The molecule has 104 valence electrons. The molecule has 0 radical (unpaired) electrons. The Hall–Kier alpha value is -1.56. The number of hydrogen-bond acceptors (Lipinski definition) is 2. The number of ether oxygens (including phenoxy) is 1. The predicted octanol–water partition coefficient (Wildman–Crippen LogP) is 4.01. The molecule has 0 saturated heterocycles. The van der Waals surface area contributed by atoms with Crippen LogP contribution in [-0.2, 0) is 4.79 Å². The molecule has 0 unspecified atom stereocenters. The van der Waals surface area contributed by atoms with Crippen LogP contribution in [0.15, 0.2) is 48.5 Å². The van der Waals surface area contributed by atoms with Crippen LogP contribution in [0.2, 0.25) is 0 Å². The maximum atomic E-state index is 12.1. The molecular formula is C16H16INO2. The lowest BCUT2D eigenvalue weighted by Crippen LogP contribution is -2.30. The Morgan fingerprint density at radius 3 is 2.55 bits per heavy atom. The van der Waals surface area contributed by atoms with Gasteiger partial charge in [-0.25, -0.2) is 0 Å². The Morgan fingerprint density at radius 2 is 1.90 bits per heavy atom. The Balaban J connectivity index is 1.99. The lowest BCUT2D eigenvalue weighted by molar-refractivity contribution is -0.122. The van der Waals surface area contributed by atoms with Crippen LogP contribution in [0.4, 0.5) is 5.69 Å². The average molecular weight is 381 g/mol. The number of hydrogen-bond donors (Lipinski definition) is 1. The van der Waals surface area contributed by atoms with Gasteiger partial charge in [0.05, 0.1) is 0 Å². The van der Waals surface area contributed by atoms with Crippen molar-refractivity contribution in [2.24, 2.45) is 0 Å². The first-order valence-corrected chi connectivity index (χ1v) is 7.43. The zero-order valence-corrected chi connectivity index (χ0v) is 13.5. The smallest absolute Gasteiger partial charge is 0.265 e. The minimum Gasteiger partial charge on any atom is -0.481 e. The molecule has 0 aliphatic carbocycles. The Kier molecular flexibility index (Phi) is 5.00. The summed E-state index contributed by atoms with van der Waals surface area (Å²) in [6.07, 6.45) is -0.545. The van der Waals surface area contributed by atoms with E-state index in [1.54, 1.807) is 6.92 Å². The number of carbonyl (C=O) groups excluding carboxylic acids is 1.